The number of ether oxygens (including phenoxy) is 2. The summed E-state index contributed by atoms with van der Waals surface area (Å²) < 4.78 is 11.2. The Hall–Kier alpha value is -0.770. The van der Waals surface area contributed by atoms with Crippen molar-refractivity contribution >= 4 is 11.6 Å². The van der Waals surface area contributed by atoms with Crippen LogP contribution in [0.2, 0.25) is 5.02 Å². The Labute approximate surface area is 107 Å². The van der Waals surface area contributed by atoms with Crippen LogP contribution in [0.1, 0.15) is 18.9 Å². The van der Waals surface area contributed by atoms with Gasteiger partial charge in [0.2, 0.25) is 0 Å². The molecule has 1 unspecified atom stereocenters. The molecule has 0 aliphatic carbocycles. The standard InChI is InChI=1S/C13H18ClNO2/c1-2-15-8-10-7-11(14)3-4-13(10)17-12-5-6-16-9-12/h3-4,7,12,15H,2,5-6,8-9H2,1H3. The molecule has 4 heteroatoms. The summed E-state index contributed by atoms with van der Waals surface area (Å²) in [6, 6.07) is 5.75. The van der Waals surface area contributed by atoms with Gasteiger partial charge in [-0.1, -0.05) is 18.5 Å². The van der Waals surface area contributed by atoms with Crippen molar-refractivity contribution in [2.75, 3.05) is 19.8 Å². The molecular weight excluding hydrogens is 238 g/mol. The Morgan fingerprint density at radius 1 is 1.53 bits per heavy atom. The van der Waals surface area contributed by atoms with Gasteiger partial charge in [-0.15, -0.1) is 0 Å². The van der Waals surface area contributed by atoms with Gasteiger partial charge in [0.15, 0.2) is 0 Å². The second-order valence-corrected chi connectivity index (χ2v) is 4.57. The number of halogens is 1. The summed E-state index contributed by atoms with van der Waals surface area (Å²) in [6.07, 6.45) is 1.14. The van der Waals surface area contributed by atoms with Gasteiger partial charge in [-0.3, -0.25) is 0 Å². The number of benzene rings is 1. The second kappa shape index (κ2) is 6.24. The summed E-state index contributed by atoms with van der Waals surface area (Å²) in [5, 5.41) is 4.03. The summed E-state index contributed by atoms with van der Waals surface area (Å²) in [6.45, 7) is 5.26. The van der Waals surface area contributed by atoms with Crippen molar-refractivity contribution in [1.82, 2.24) is 5.32 Å². The third kappa shape index (κ3) is 3.60. The van der Waals surface area contributed by atoms with Crippen molar-refractivity contribution in [3.63, 3.8) is 0 Å². The maximum atomic E-state index is 6.00. The molecule has 1 aliphatic heterocycles. The largest absolute Gasteiger partial charge is 0.488 e. The first kappa shape index (κ1) is 12.7. The topological polar surface area (TPSA) is 30.5 Å². The van der Waals surface area contributed by atoms with Crippen LogP contribution < -0.4 is 10.1 Å². The van der Waals surface area contributed by atoms with Gasteiger partial charge in [0.05, 0.1) is 13.2 Å². The summed E-state index contributed by atoms with van der Waals surface area (Å²) in [4.78, 5) is 0. The molecule has 2 rings (SSSR count). The van der Waals surface area contributed by atoms with Crippen molar-refractivity contribution in [2.24, 2.45) is 0 Å². The lowest BCUT2D eigenvalue weighted by Gasteiger charge is -2.16. The molecule has 1 saturated heterocycles. The molecule has 1 aromatic carbocycles. The van der Waals surface area contributed by atoms with Crippen LogP contribution in [0.3, 0.4) is 0 Å². The third-order valence-corrected chi connectivity index (χ3v) is 3.00. The van der Waals surface area contributed by atoms with E-state index in [0.29, 0.717) is 6.61 Å². The molecule has 3 nitrogen and oxygen atoms in total. The Balaban J connectivity index is 2.07. The number of nitrogens with one attached hydrogen (secondary N) is 1. The van der Waals surface area contributed by atoms with Gasteiger partial charge >= 0.3 is 0 Å². The van der Waals surface area contributed by atoms with Crippen LogP contribution in [-0.4, -0.2) is 25.9 Å². The Morgan fingerprint density at radius 3 is 3.12 bits per heavy atom. The minimum Gasteiger partial charge on any atom is -0.488 e. The number of rotatable bonds is 5. The second-order valence-electron chi connectivity index (χ2n) is 4.14. The van der Waals surface area contributed by atoms with E-state index in [1.807, 2.05) is 18.2 Å². The zero-order valence-electron chi connectivity index (χ0n) is 10.0. The Kier molecular flexibility index (Phi) is 4.66. The van der Waals surface area contributed by atoms with Gasteiger partial charge < -0.3 is 14.8 Å². The SMILES string of the molecule is CCNCc1cc(Cl)ccc1OC1CCOC1. The average molecular weight is 256 g/mol. The lowest BCUT2D eigenvalue weighted by molar-refractivity contribution is 0.140. The van der Waals surface area contributed by atoms with Gasteiger partial charge in [0.25, 0.3) is 0 Å². The molecule has 0 amide bonds. The normalized spacial score (nSPS) is 19.5. The molecule has 0 spiro atoms. The summed E-state index contributed by atoms with van der Waals surface area (Å²) >= 11 is 6.00. The third-order valence-electron chi connectivity index (χ3n) is 2.77. The first-order chi connectivity index (χ1) is 8.29. The zero-order valence-corrected chi connectivity index (χ0v) is 10.8. The van der Waals surface area contributed by atoms with Crippen LogP contribution in [0.25, 0.3) is 0 Å². The fraction of sp³-hybridized carbons (Fsp3) is 0.538. The molecule has 1 fully saturated rings. The van der Waals surface area contributed by atoms with E-state index in [0.717, 1.165) is 42.5 Å². The summed E-state index contributed by atoms with van der Waals surface area (Å²) in [7, 11) is 0. The smallest absolute Gasteiger partial charge is 0.124 e. The first-order valence-corrected chi connectivity index (χ1v) is 6.41. The van der Waals surface area contributed by atoms with Crippen LogP contribution in [0.15, 0.2) is 18.2 Å². The maximum Gasteiger partial charge on any atom is 0.124 e. The highest BCUT2D eigenvalue weighted by atomic mass is 35.5. The van der Waals surface area contributed by atoms with Gasteiger partial charge in [0, 0.05) is 23.6 Å². The molecule has 0 aromatic heterocycles. The van der Waals surface area contributed by atoms with Gasteiger partial charge in [0.1, 0.15) is 11.9 Å². The lowest BCUT2D eigenvalue weighted by atomic mass is 10.2. The van der Waals surface area contributed by atoms with E-state index in [4.69, 9.17) is 21.1 Å². The van der Waals surface area contributed by atoms with E-state index in [-0.39, 0.29) is 6.10 Å². The van der Waals surface area contributed by atoms with Crippen LogP contribution in [-0.2, 0) is 11.3 Å². The van der Waals surface area contributed by atoms with Crippen molar-refractivity contribution in [3.05, 3.63) is 28.8 Å². The maximum absolute atomic E-state index is 6.00. The molecule has 1 aromatic rings. The molecule has 17 heavy (non-hydrogen) atoms. The fourth-order valence-corrected chi connectivity index (χ4v) is 2.04. The molecule has 0 radical (unpaired) electrons. The van der Waals surface area contributed by atoms with E-state index in [1.165, 1.54) is 0 Å². The molecule has 1 atom stereocenters. The zero-order chi connectivity index (χ0) is 12.1. The van der Waals surface area contributed by atoms with E-state index in [9.17, 15) is 0 Å². The van der Waals surface area contributed by atoms with Gasteiger partial charge in [-0.05, 0) is 24.7 Å². The number of hydrogen-bond donors (Lipinski definition) is 1. The van der Waals surface area contributed by atoms with Gasteiger partial charge in [-0.25, -0.2) is 0 Å². The molecular formula is C13H18ClNO2. The average Bonchev–Trinajstić information content (AvgIpc) is 2.82. The summed E-state index contributed by atoms with van der Waals surface area (Å²) in [5.74, 6) is 0.908. The molecule has 0 bridgehead atoms. The van der Waals surface area contributed by atoms with E-state index >= 15 is 0 Å². The van der Waals surface area contributed by atoms with E-state index < -0.39 is 0 Å². The van der Waals surface area contributed by atoms with Crippen molar-refractivity contribution < 1.29 is 9.47 Å². The van der Waals surface area contributed by atoms with Gasteiger partial charge in [-0.2, -0.15) is 0 Å². The van der Waals surface area contributed by atoms with Crippen molar-refractivity contribution in [2.45, 2.75) is 26.0 Å². The Morgan fingerprint density at radius 2 is 2.41 bits per heavy atom. The predicted molar refractivity (Wildman–Crippen MR) is 68.7 cm³/mol. The Bertz CT molecular complexity index is 364. The molecule has 1 N–H and O–H groups in total. The van der Waals surface area contributed by atoms with Crippen molar-refractivity contribution in [1.29, 1.82) is 0 Å². The van der Waals surface area contributed by atoms with Crippen LogP contribution in [0.5, 0.6) is 5.75 Å². The van der Waals surface area contributed by atoms with Crippen molar-refractivity contribution in [3.8, 4) is 5.75 Å². The monoisotopic (exact) mass is 255 g/mol. The minimum absolute atomic E-state index is 0.177. The molecule has 0 saturated carbocycles. The molecule has 1 heterocycles. The van der Waals surface area contributed by atoms with Crippen LogP contribution in [0.4, 0.5) is 0 Å². The summed E-state index contributed by atoms with van der Waals surface area (Å²) in [5.41, 5.74) is 1.10. The molecule has 94 valence electrons. The molecule has 1 aliphatic rings. The predicted octanol–water partition coefficient (Wildman–Crippen LogP) is 2.62. The van der Waals surface area contributed by atoms with E-state index in [2.05, 4.69) is 12.2 Å². The number of hydrogen-bond acceptors (Lipinski definition) is 3. The van der Waals surface area contributed by atoms with Crippen LogP contribution in [0, 0.1) is 0 Å². The highest BCUT2D eigenvalue weighted by Crippen LogP contribution is 2.25. The fourth-order valence-electron chi connectivity index (χ4n) is 1.85. The quantitative estimate of drug-likeness (QED) is 0.877. The minimum atomic E-state index is 0.177. The van der Waals surface area contributed by atoms with E-state index in [1.54, 1.807) is 0 Å². The first-order valence-electron chi connectivity index (χ1n) is 6.03. The lowest BCUT2D eigenvalue weighted by Crippen LogP contribution is -2.18. The highest BCUT2D eigenvalue weighted by Gasteiger charge is 2.18. The highest BCUT2D eigenvalue weighted by molar-refractivity contribution is 6.30. The van der Waals surface area contributed by atoms with Crippen LogP contribution >= 0.6 is 11.6 Å².